The van der Waals surface area contributed by atoms with Gasteiger partial charge in [0.05, 0.1) is 6.42 Å². The number of carbonyl (C=O) groups excluding carboxylic acids is 1. The van der Waals surface area contributed by atoms with E-state index in [0.29, 0.717) is 17.1 Å². The fourth-order valence-electron chi connectivity index (χ4n) is 1.61. The highest BCUT2D eigenvalue weighted by Gasteiger charge is 2.04. The molecule has 0 atom stereocenters. The van der Waals surface area contributed by atoms with Crippen molar-refractivity contribution in [3.05, 3.63) is 42.2 Å². The summed E-state index contributed by atoms with van der Waals surface area (Å²) in [5.74, 6) is 0.00318. The fraction of sp³-hybridized carbons (Fsp3) is 0.143. The van der Waals surface area contributed by atoms with Gasteiger partial charge in [-0.05, 0) is 17.7 Å². The first-order valence-electron chi connectivity index (χ1n) is 6.11. The Morgan fingerprint density at radius 3 is 2.57 bits per heavy atom. The summed E-state index contributed by atoms with van der Waals surface area (Å²) in [5, 5.41) is 11.2. The number of carboxylic acids is 1. The van der Waals surface area contributed by atoms with E-state index < -0.39 is 5.97 Å². The van der Waals surface area contributed by atoms with E-state index in [-0.39, 0.29) is 18.2 Å². The summed E-state index contributed by atoms with van der Waals surface area (Å²) in [6, 6.07) is 8.13. The third-order valence-corrected chi connectivity index (χ3v) is 2.45. The first-order chi connectivity index (χ1) is 10.0. The van der Waals surface area contributed by atoms with Gasteiger partial charge in [0, 0.05) is 13.0 Å². The molecule has 0 saturated carbocycles. The van der Waals surface area contributed by atoms with Crippen molar-refractivity contribution < 1.29 is 19.4 Å². The summed E-state index contributed by atoms with van der Waals surface area (Å²) in [5.41, 5.74) is 0.677. The van der Waals surface area contributed by atoms with Crippen molar-refractivity contribution in [1.82, 2.24) is 9.97 Å². The Morgan fingerprint density at radius 1 is 1.24 bits per heavy atom. The Kier molecular flexibility index (Phi) is 4.45. The quantitative estimate of drug-likeness (QED) is 0.870. The van der Waals surface area contributed by atoms with Gasteiger partial charge >= 0.3 is 5.97 Å². The van der Waals surface area contributed by atoms with Crippen molar-refractivity contribution in [2.75, 3.05) is 5.32 Å². The number of benzene rings is 1. The molecule has 0 radical (unpaired) electrons. The van der Waals surface area contributed by atoms with E-state index in [4.69, 9.17) is 9.84 Å². The Morgan fingerprint density at radius 2 is 1.95 bits per heavy atom. The zero-order chi connectivity index (χ0) is 15.2. The van der Waals surface area contributed by atoms with Crippen molar-refractivity contribution >= 4 is 17.7 Å². The highest BCUT2D eigenvalue weighted by atomic mass is 16.5. The van der Waals surface area contributed by atoms with E-state index in [0.717, 1.165) is 0 Å². The molecular formula is C14H13N3O4. The van der Waals surface area contributed by atoms with Crippen LogP contribution >= 0.6 is 0 Å². The van der Waals surface area contributed by atoms with Crippen LogP contribution in [0, 0.1) is 0 Å². The molecule has 2 aromatic rings. The minimum atomic E-state index is -0.889. The number of nitrogens with one attached hydrogen (secondary N) is 1. The number of aromatic nitrogens is 2. The lowest BCUT2D eigenvalue weighted by atomic mass is 10.1. The lowest BCUT2D eigenvalue weighted by Gasteiger charge is -2.06. The van der Waals surface area contributed by atoms with Gasteiger partial charge in [0.15, 0.2) is 0 Å². The fourth-order valence-corrected chi connectivity index (χ4v) is 1.61. The first-order valence-corrected chi connectivity index (χ1v) is 6.11. The predicted octanol–water partition coefficient (Wildman–Crippen LogP) is 1.85. The minimum absolute atomic E-state index is 0.0412. The molecule has 7 nitrogen and oxygen atoms in total. The molecule has 1 aromatic heterocycles. The molecular weight excluding hydrogens is 274 g/mol. The van der Waals surface area contributed by atoms with Crippen LogP contribution in [0.4, 0.5) is 5.82 Å². The molecule has 1 amide bonds. The molecule has 2 N–H and O–H groups in total. The molecule has 0 bridgehead atoms. The SMILES string of the molecule is CC(=O)Nc1cc(Oc2ccc(CC(=O)O)cc2)ncn1. The smallest absolute Gasteiger partial charge is 0.307 e. The second kappa shape index (κ2) is 6.47. The van der Waals surface area contributed by atoms with Crippen molar-refractivity contribution in [2.24, 2.45) is 0 Å². The predicted molar refractivity (Wildman–Crippen MR) is 74.2 cm³/mol. The number of aliphatic carboxylic acids is 1. The number of hydrogen-bond donors (Lipinski definition) is 2. The van der Waals surface area contributed by atoms with Crippen LogP contribution in [0.15, 0.2) is 36.7 Å². The average Bonchev–Trinajstić information content (AvgIpc) is 2.40. The van der Waals surface area contributed by atoms with Crippen LogP contribution in [-0.2, 0) is 16.0 Å². The van der Waals surface area contributed by atoms with E-state index in [1.165, 1.54) is 19.3 Å². The standard InChI is InChI=1S/C14H13N3O4/c1-9(18)17-12-7-13(16-8-15-12)21-11-4-2-10(3-5-11)6-14(19)20/h2-5,7-8H,6H2,1H3,(H,19,20)(H,15,16,17,18). The summed E-state index contributed by atoms with van der Waals surface area (Å²) in [6.45, 7) is 1.38. The maximum Gasteiger partial charge on any atom is 0.307 e. The van der Waals surface area contributed by atoms with E-state index in [1.54, 1.807) is 24.3 Å². The van der Waals surface area contributed by atoms with Gasteiger partial charge in [-0.1, -0.05) is 12.1 Å². The Labute approximate surface area is 120 Å². The zero-order valence-corrected chi connectivity index (χ0v) is 11.2. The van der Waals surface area contributed by atoms with Crippen LogP contribution in [0.25, 0.3) is 0 Å². The number of nitrogens with zero attached hydrogens (tertiary/aromatic N) is 2. The van der Waals surface area contributed by atoms with Crippen LogP contribution in [0.1, 0.15) is 12.5 Å². The van der Waals surface area contributed by atoms with Crippen molar-refractivity contribution in [3.8, 4) is 11.6 Å². The Bertz CT molecular complexity index is 656. The van der Waals surface area contributed by atoms with E-state index in [1.807, 2.05) is 0 Å². The van der Waals surface area contributed by atoms with Gasteiger partial charge in [0.1, 0.15) is 17.9 Å². The summed E-state index contributed by atoms with van der Waals surface area (Å²) < 4.78 is 5.51. The molecule has 2 rings (SSSR count). The highest BCUT2D eigenvalue weighted by molar-refractivity contribution is 5.87. The zero-order valence-electron chi connectivity index (χ0n) is 11.2. The largest absolute Gasteiger partial charge is 0.481 e. The molecule has 0 spiro atoms. The number of hydrogen-bond acceptors (Lipinski definition) is 5. The van der Waals surface area contributed by atoms with Crippen molar-refractivity contribution in [1.29, 1.82) is 0 Å². The van der Waals surface area contributed by atoms with Gasteiger partial charge < -0.3 is 15.2 Å². The third kappa shape index (κ3) is 4.57. The summed E-state index contributed by atoms with van der Waals surface area (Å²) in [4.78, 5) is 29.3. The second-order valence-electron chi connectivity index (χ2n) is 4.24. The molecule has 7 heteroatoms. The second-order valence-corrected chi connectivity index (χ2v) is 4.24. The maximum absolute atomic E-state index is 10.9. The number of ether oxygens (including phenoxy) is 1. The van der Waals surface area contributed by atoms with E-state index in [9.17, 15) is 9.59 Å². The van der Waals surface area contributed by atoms with Gasteiger partial charge in [0.25, 0.3) is 0 Å². The van der Waals surface area contributed by atoms with Gasteiger partial charge in [-0.25, -0.2) is 9.97 Å². The summed E-state index contributed by atoms with van der Waals surface area (Å²) >= 11 is 0. The van der Waals surface area contributed by atoms with Crippen LogP contribution in [0.5, 0.6) is 11.6 Å². The maximum atomic E-state index is 10.9. The van der Waals surface area contributed by atoms with Gasteiger partial charge in [-0.3, -0.25) is 9.59 Å². The minimum Gasteiger partial charge on any atom is -0.481 e. The van der Waals surface area contributed by atoms with Crippen LogP contribution in [0.3, 0.4) is 0 Å². The number of carboxylic acid groups (broad SMARTS) is 1. The van der Waals surface area contributed by atoms with Crippen molar-refractivity contribution in [3.63, 3.8) is 0 Å². The normalized spacial score (nSPS) is 9.95. The van der Waals surface area contributed by atoms with Gasteiger partial charge in [-0.2, -0.15) is 0 Å². The lowest BCUT2D eigenvalue weighted by Crippen LogP contribution is -2.07. The molecule has 0 aliphatic carbocycles. The van der Waals surface area contributed by atoms with E-state index in [2.05, 4.69) is 15.3 Å². The lowest BCUT2D eigenvalue weighted by molar-refractivity contribution is -0.136. The molecule has 0 unspecified atom stereocenters. The topological polar surface area (TPSA) is 101 Å². The first kappa shape index (κ1) is 14.4. The molecule has 0 aliphatic rings. The van der Waals surface area contributed by atoms with Crippen LogP contribution in [0.2, 0.25) is 0 Å². The van der Waals surface area contributed by atoms with Gasteiger partial charge in [-0.15, -0.1) is 0 Å². The van der Waals surface area contributed by atoms with Crippen LogP contribution in [-0.4, -0.2) is 27.0 Å². The molecule has 108 valence electrons. The molecule has 0 saturated heterocycles. The third-order valence-electron chi connectivity index (χ3n) is 2.45. The molecule has 21 heavy (non-hydrogen) atoms. The summed E-state index contributed by atoms with van der Waals surface area (Å²) in [7, 11) is 0. The highest BCUT2D eigenvalue weighted by Crippen LogP contribution is 2.21. The van der Waals surface area contributed by atoms with Gasteiger partial charge in [0.2, 0.25) is 11.8 Å². The number of amides is 1. The van der Waals surface area contributed by atoms with Crippen molar-refractivity contribution in [2.45, 2.75) is 13.3 Å². The number of rotatable bonds is 5. The summed E-state index contributed by atoms with van der Waals surface area (Å²) in [6.07, 6.45) is 1.24. The number of anilines is 1. The Hall–Kier alpha value is -2.96. The molecule has 0 aliphatic heterocycles. The molecule has 0 fully saturated rings. The Balaban J connectivity index is 2.07. The monoisotopic (exact) mass is 287 g/mol. The average molecular weight is 287 g/mol. The van der Waals surface area contributed by atoms with Crippen LogP contribution < -0.4 is 10.1 Å². The molecule has 1 heterocycles. The molecule has 1 aromatic carbocycles. The van der Waals surface area contributed by atoms with E-state index >= 15 is 0 Å². The number of carbonyl (C=O) groups is 2.